The Kier molecular flexibility index (Phi) is 3.81. The topological polar surface area (TPSA) is 93.2 Å². The van der Waals surface area contributed by atoms with Crippen LogP contribution in [0.1, 0.15) is 25.3 Å². The van der Waals surface area contributed by atoms with Crippen molar-refractivity contribution in [1.29, 1.82) is 5.26 Å². The first-order valence-electron chi connectivity index (χ1n) is 6.65. The minimum atomic E-state index is -1.48. The minimum absolute atomic E-state index is 0.229. The predicted molar refractivity (Wildman–Crippen MR) is 75.8 cm³/mol. The first-order chi connectivity index (χ1) is 10.0. The lowest BCUT2D eigenvalue weighted by Crippen LogP contribution is -2.51. The Hall–Kier alpha value is -2.61. The molecule has 0 fully saturated rings. The third-order valence-corrected chi connectivity index (χ3v) is 3.91. The number of rotatable bonds is 4. The maximum atomic E-state index is 12.1. The highest BCUT2D eigenvalue weighted by Crippen LogP contribution is 2.56. The van der Waals surface area contributed by atoms with Crippen LogP contribution in [0, 0.1) is 16.7 Å². The molecule has 108 valence electrons. The average molecular weight is 284 g/mol. The van der Waals surface area contributed by atoms with Crippen LogP contribution in [0.5, 0.6) is 0 Å². The molecule has 5 nitrogen and oxygen atoms in total. The summed E-state index contributed by atoms with van der Waals surface area (Å²) in [6.45, 7) is 3.52. The van der Waals surface area contributed by atoms with E-state index in [1.165, 1.54) is 0 Å². The van der Waals surface area contributed by atoms with Crippen molar-refractivity contribution in [3.05, 3.63) is 47.0 Å². The number of amides is 1. The van der Waals surface area contributed by atoms with Gasteiger partial charge < -0.3 is 10.5 Å². The highest BCUT2D eigenvalue weighted by molar-refractivity contribution is 6.03. The summed E-state index contributed by atoms with van der Waals surface area (Å²) in [5.41, 5.74) is 5.40. The molecule has 1 amide bonds. The number of nitrogens with two attached hydrogens (primary N) is 1. The van der Waals surface area contributed by atoms with Gasteiger partial charge in [-0.05, 0) is 25.0 Å². The maximum absolute atomic E-state index is 12.1. The number of carbonyl (C=O) groups excluding carboxylic acids is 2. The van der Waals surface area contributed by atoms with Gasteiger partial charge in [-0.2, -0.15) is 5.26 Å². The van der Waals surface area contributed by atoms with E-state index in [0.717, 1.165) is 0 Å². The third kappa shape index (κ3) is 2.00. The molecule has 0 saturated carbocycles. The lowest BCUT2D eigenvalue weighted by molar-refractivity contribution is -0.140. The molecule has 0 radical (unpaired) electrons. The Morgan fingerprint density at radius 2 is 2.00 bits per heavy atom. The number of nitrogens with zero attached hydrogens (tertiary/aromatic N) is 1. The van der Waals surface area contributed by atoms with Crippen LogP contribution in [0.2, 0.25) is 0 Å². The van der Waals surface area contributed by atoms with Crippen molar-refractivity contribution in [1.82, 2.24) is 0 Å². The van der Waals surface area contributed by atoms with Crippen molar-refractivity contribution in [2.45, 2.75) is 19.8 Å². The van der Waals surface area contributed by atoms with E-state index in [-0.39, 0.29) is 6.61 Å². The van der Waals surface area contributed by atoms with E-state index >= 15 is 0 Å². The van der Waals surface area contributed by atoms with Crippen LogP contribution >= 0.6 is 0 Å². The van der Waals surface area contributed by atoms with E-state index in [1.807, 2.05) is 12.1 Å². The van der Waals surface area contributed by atoms with E-state index < -0.39 is 23.2 Å². The fourth-order valence-electron chi connectivity index (χ4n) is 2.86. The van der Waals surface area contributed by atoms with Crippen LogP contribution in [0.3, 0.4) is 0 Å². The zero-order valence-corrected chi connectivity index (χ0v) is 11.9. The van der Waals surface area contributed by atoms with Gasteiger partial charge in [0.05, 0.1) is 12.7 Å². The second kappa shape index (κ2) is 5.41. The standard InChI is InChI=1S/C16H16N2O3/c1-3-21-14(19)12-10(2)16(9-17,15(18)20)13(12)11-7-5-4-6-8-11/h4-8,13H,3H2,1-2H3,(H2,18,20). The van der Waals surface area contributed by atoms with Gasteiger partial charge in [-0.3, -0.25) is 4.79 Å². The van der Waals surface area contributed by atoms with Gasteiger partial charge in [0, 0.05) is 11.5 Å². The van der Waals surface area contributed by atoms with E-state index in [0.29, 0.717) is 16.7 Å². The smallest absolute Gasteiger partial charge is 0.334 e. The molecule has 2 atom stereocenters. The summed E-state index contributed by atoms with van der Waals surface area (Å²) in [4.78, 5) is 24.0. The summed E-state index contributed by atoms with van der Waals surface area (Å²) < 4.78 is 5.03. The van der Waals surface area contributed by atoms with Crippen molar-refractivity contribution >= 4 is 11.9 Å². The summed E-state index contributed by atoms with van der Waals surface area (Å²) in [7, 11) is 0. The molecule has 1 aromatic rings. The summed E-state index contributed by atoms with van der Waals surface area (Å²) in [6, 6.07) is 10.9. The second-order valence-corrected chi connectivity index (χ2v) is 4.89. The van der Waals surface area contributed by atoms with Crippen LogP contribution in [0.4, 0.5) is 0 Å². The summed E-state index contributed by atoms with van der Waals surface area (Å²) >= 11 is 0. The lowest BCUT2D eigenvalue weighted by atomic mass is 9.54. The van der Waals surface area contributed by atoms with Crippen LogP contribution in [0.15, 0.2) is 41.5 Å². The SMILES string of the molecule is CCOC(=O)C1=C(C)C(C#N)(C(N)=O)C1c1ccccc1. The molecule has 0 heterocycles. The van der Waals surface area contributed by atoms with Crippen LogP contribution in [0.25, 0.3) is 0 Å². The zero-order valence-electron chi connectivity index (χ0n) is 11.9. The van der Waals surface area contributed by atoms with E-state index in [1.54, 1.807) is 38.1 Å². The molecule has 1 aromatic carbocycles. The predicted octanol–water partition coefficient (Wildman–Crippen LogP) is 1.66. The molecule has 21 heavy (non-hydrogen) atoms. The van der Waals surface area contributed by atoms with Gasteiger partial charge in [-0.15, -0.1) is 0 Å². The normalized spacial score (nSPS) is 24.0. The molecular weight excluding hydrogens is 268 g/mol. The molecule has 1 aliphatic rings. The number of esters is 1. The van der Waals surface area contributed by atoms with Crippen molar-refractivity contribution in [2.75, 3.05) is 6.61 Å². The molecule has 2 N–H and O–H groups in total. The van der Waals surface area contributed by atoms with E-state index in [9.17, 15) is 14.9 Å². The Morgan fingerprint density at radius 1 is 1.38 bits per heavy atom. The Labute approximate surface area is 123 Å². The monoisotopic (exact) mass is 284 g/mol. The van der Waals surface area contributed by atoms with Gasteiger partial charge in [0.2, 0.25) is 5.91 Å². The van der Waals surface area contributed by atoms with Gasteiger partial charge in [-0.1, -0.05) is 30.3 Å². The highest BCUT2D eigenvalue weighted by Gasteiger charge is 2.60. The number of nitriles is 1. The van der Waals surface area contributed by atoms with Crippen LogP contribution < -0.4 is 5.73 Å². The summed E-state index contributed by atoms with van der Waals surface area (Å²) in [6.07, 6.45) is 0. The molecule has 0 saturated heterocycles. The number of ether oxygens (including phenoxy) is 1. The average Bonchev–Trinajstić information content (AvgIpc) is 2.46. The van der Waals surface area contributed by atoms with Crippen LogP contribution in [-0.4, -0.2) is 18.5 Å². The first-order valence-corrected chi connectivity index (χ1v) is 6.65. The fraction of sp³-hybridized carbons (Fsp3) is 0.312. The molecule has 2 unspecified atom stereocenters. The largest absolute Gasteiger partial charge is 0.463 e. The summed E-state index contributed by atoms with van der Waals surface area (Å²) in [5.74, 6) is -1.93. The molecule has 1 aliphatic carbocycles. The Balaban J connectivity index is 2.60. The minimum Gasteiger partial charge on any atom is -0.463 e. The molecule has 0 aliphatic heterocycles. The highest BCUT2D eigenvalue weighted by atomic mass is 16.5. The number of carbonyl (C=O) groups is 2. The number of benzene rings is 1. The van der Waals surface area contributed by atoms with Gasteiger partial charge in [0.15, 0.2) is 5.41 Å². The zero-order chi connectivity index (χ0) is 15.6. The van der Waals surface area contributed by atoms with Crippen LogP contribution in [-0.2, 0) is 14.3 Å². The van der Waals surface area contributed by atoms with Gasteiger partial charge in [-0.25, -0.2) is 4.79 Å². The van der Waals surface area contributed by atoms with Crippen molar-refractivity contribution in [3.8, 4) is 6.07 Å². The molecule has 0 bridgehead atoms. The number of hydrogen-bond acceptors (Lipinski definition) is 4. The second-order valence-electron chi connectivity index (χ2n) is 4.89. The third-order valence-electron chi connectivity index (χ3n) is 3.91. The molecule has 2 rings (SSSR count). The Morgan fingerprint density at radius 3 is 2.48 bits per heavy atom. The number of hydrogen-bond donors (Lipinski definition) is 1. The van der Waals surface area contributed by atoms with Gasteiger partial charge >= 0.3 is 5.97 Å². The molecular formula is C16H16N2O3. The van der Waals surface area contributed by atoms with Gasteiger partial charge in [0.25, 0.3) is 0 Å². The molecule has 0 aromatic heterocycles. The summed E-state index contributed by atoms with van der Waals surface area (Å²) in [5, 5.41) is 9.50. The molecule has 0 spiro atoms. The van der Waals surface area contributed by atoms with Gasteiger partial charge in [0.1, 0.15) is 0 Å². The van der Waals surface area contributed by atoms with E-state index in [2.05, 4.69) is 0 Å². The quantitative estimate of drug-likeness (QED) is 0.851. The van der Waals surface area contributed by atoms with Crippen molar-refractivity contribution in [3.63, 3.8) is 0 Å². The lowest BCUT2D eigenvalue weighted by Gasteiger charge is -2.44. The molecule has 5 heteroatoms. The Bertz CT molecular complexity index is 658. The number of primary amides is 1. The fourth-order valence-corrected chi connectivity index (χ4v) is 2.86. The first kappa shape index (κ1) is 14.8. The van der Waals surface area contributed by atoms with E-state index in [4.69, 9.17) is 10.5 Å². The maximum Gasteiger partial charge on any atom is 0.334 e. The van der Waals surface area contributed by atoms with Crippen molar-refractivity contribution in [2.24, 2.45) is 11.1 Å². The van der Waals surface area contributed by atoms with Crippen molar-refractivity contribution < 1.29 is 14.3 Å².